The average molecular weight is 414 g/mol. The molecule has 0 atom stereocenters. The van der Waals surface area contributed by atoms with Crippen LogP contribution in [0.2, 0.25) is 0 Å². The van der Waals surface area contributed by atoms with E-state index >= 15 is 0 Å². The minimum absolute atomic E-state index is 0.00598. The third-order valence-corrected chi connectivity index (χ3v) is 5.48. The molecule has 2 aromatic carbocycles. The highest BCUT2D eigenvalue weighted by Gasteiger charge is 2.19. The minimum atomic E-state index is -0.150. The number of fused-ring (bicyclic) bond motifs is 1. The molecule has 0 saturated carbocycles. The van der Waals surface area contributed by atoms with Crippen LogP contribution in [0.15, 0.2) is 67.0 Å². The van der Waals surface area contributed by atoms with E-state index in [0.29, 0.717) is 17.2 Å². The van der Waals surface area contributed by atoms with Crippen molar-refractivity contribution in [2.45, 2.75) is 33.1 Å². The SMILES string of the molecule is Cc1ccc(C(C)(C)C)cc1NC(=O)c1cc2cccc(Oc3ccncc3)c2n1C. The molecule has 0 aliphatic rings. The smallest absolute Gasteiger partial charge is 0.272 e. The Hall–Kier alpha value is -3.60. The van der Waals surface area contributed by atoms with Crippen LogP contribution in [-0.2, 0) is 12.5 Å². The number of hydrogen-bond donors (Lipinski definition) is 1. The Morgan fingerprint density at radius 2 is 1.77 bits per heavy atom. The van der Waals surface area contributed by atoms with Gasteiger partial charge in [0.25, 0.3) is 5.91 Å². The van der Waals surface area contributed by atoms with Crippen LogP contribution < -0.4 is 10.1 Å². The molecule has 0 spiro atoms. The fourth-order valence-corrected chi connectivity index (χ4v) is 3.62. The molecule has 0 bridgehead atoms. The Bertz CT molecular complexity index is 1250. The maximum atomic E-state index is 13.2. The van der Waals surface area contributed by atoms with Gasteiger partial charge in [-0.3, -0.25) is 9.78 Å². The zero-order valence-corrected chi connectivity index (χ0v) is 18.6. The van der Waals surface area contributed by atoms with E-state index in [1.54, 1.807) is 24.5 Å². The van der Waals surface area contributed by atoms with Crippen LogP contribution in [0, 0.1) is 6.92 Å². The largest absolute Gasteiger partial charge is 0.455 e. The Kier molecular flexibility index (Phi) is 5.27. The summed E-state index contributed by atoms with van der Waals surface area (Å²) in [6.07, 6.45) is 3.38. The van der Waals surface area contributed by atoms with Crippen molar-refractivity contribution in [1.29, 1.82) is 0 Å². The number of benzene rings is 2. The second kappa shape index (κ2) is 7.91. The number of aromatic nitrogens is 2. The van der Waals surface area contributed by atoms with Gasteiger partial charge in [-0.15, -0.1) is 0 Å². The van der Waals surface area contributed by atoms with Crippen LogP contribution in [0.25, 0.3) is 10.9 Å². The number of nitrogens with zero attached hydrogens (tertiary/aromatic N) is 2. The van der Waals surface area contributed by atoms with Gasteiger partial charge >= 0.3 is 0 Å². The first-order valence-electron chi connectivity index (χ1n) is 10.3. The zero-order valence-electron chi connectivity index (χ0n) is 18.6. The number of anilines is 1. The summed E-state index contributed by atoms with van der Waals surface area (Å²) in [7, 11) is 1.88. The maximum absolute atomic E-state index is 13.2. The Labute approximate surface area is 182 Å². The van der Waals surface area contributed by atoms with Gasteiger partial charge in [-0.05, 0) is 53.8 Å². The number of pyridine rings is 1. The molecule has 0 fully saturated rings. The number of para-hydroxylation sites is 1. The van der Waals surface area contributed by atoms with Crippen molar-refractivity contribution in [3.8, 4) is 11.5 Å². The summed E-state index contributed by atoms with van der Waals surface area (Å²) < 4.78 is 7.94. The second-order valence-corrected chi connectivity index (χ2v) is 8.80. The van der Waals surface area contributed by atoms with E-state index in [0.717, 1.165) is 22.2 Å². The third kappa shape index (κ3) is 4.17. The normalized spacial score (nSPS) is 11.5. The molecule has 1 amide bonds. The van der Waals surface area contributed by atoms with E-state index in [4.69, 9.17) is 4.74 Å². The molecular weight excluding hydrogens is 386 g/mol. The van der Waals surface area contributed by atoms with Crippen molar-refractivity contribution in [3.05, 3.63) is 83.8 Å². The average Bonchev–Trinajstić information content (AvgIpc) is 3.07. The monoisotopic (exact) mass is 413 g/mol. The van der Waals surface area contributed by atoms with Crippen LogP contribution in [0.3, 0.4) is 0 Å². The molecule has 4 rings (SSSR count). The highest BCUT2D eigenvalue weighted by molar-refractivity contribution is 6.07. The molecule has 5 heteroatoms. The number of carbonyl (C=O) groups is 1. The van der Waals surface area contributed by atoms with Gasteiger partial charge in [-0.1, -0.05) is 45.0 Å². The van der Waals surface area contributed by atoms with Crippen LogP contribution in [0.4, 0.5) is 5.69 Å². The summed E-state index contributed by atoms with van der Waals surface area (Å²) in [5.74, 6) is 1.24. The molecule has 158 valence electrons. The predicted molar refractivity (Wildman–Crippen MR) is 125 cm³/mol. The van der Waals surface area contributed by atoms with Gasteiger partial charge < -0.3 is 14.6 Å². The summed E-state index contributed by atoms with van der Waals surface area (Å²) >= 11 is 0. The van der Waals surface area contributed by atoms with Crippen molar-refractivity contribution in [2.75, 3.05) is 5.32 Å². The molecule has 31 heavy (non-hydrogen) atoms. The van der Waals surface area contributed by atoms with Gasteiger partial charge in [0.05, 0.1) is 5.52 Å². The first-order chi connectivity index (χ1) is 14.7. The number of aryl methyl sites for hydroxylation is 2. The quantitative estimate of drug-likeness (QED) is 0.432. The number of ether oxygens (including phenoxy) is 1. The van der Waals surface area contributed by atoms with Gasteiger partial charge in [-0.2, -0.15) is 0 Å². The van der Waals surface area contributed by atoms with E-state index in [9.17, 15) is 4.79 Å². The van der Waals surface area contributed by atoms with Gasteiger partial charge in [-0.25, -0.2) is 0 Å². The topological polar surface area (TPSA) is 56.1 Å². The summed E-state index contributed by atoms with van der Waals surface area (Å²) in [5, 5.41) is 4.04. The number of amides is 1. The van der Waals surface area contributed by atoms with Gasteiger partial charge in [0, 0.05) is 30.5 Å². The number of hydrogen-bond acceptors (Lipinski definition) is 3. The Morgan fingerprint density at radius 1 is 1.03 bits per heavy atom. The molecule has 1 N–H and O–H groups in total. The fourth-order valence-electron chi connectivity index (χ4n) is 3.62. The van der Waals surface area contributed by atoms with Gasteiger partial charge in [0.15, 0.2) is 5.75 Å². The van der Waals surface area contributed by atoms with Crippen molar-refractivity contribution in [1.82, 2.24) is 9.55 Å². The lowest BCUT2D eigenvalue weighted by Crippen LogP contribution is -2.17. The molecule has 0 aliphatic carbocycles. The molecule has 0 radical (unpaired) electrons. The molecule has 5 nitrogen and oxygen atoms in total. The van der Waals surface area contributed by atoms with E-state index in [1.165, 1.54) is 5.56 Å². The van der Waals surface area contributed by atoms with Crippen molar-refractivity contribution in [2.24, 2.45) is 7.05 Å². The van der Waals surface area contributed by atoms with E-state index in [1.807, 2.05) is 42.8 Å². The number of rotatable bonds is 4. The summed E-state index contributed by atoms with van der Waals surface area (Å²) in [6, 6.07) is 17.6. The van der Waals surface area contributed by atoms with E-state index in [2.05, 4.69) is 49.3 Å². The van der Waals surface area contributed by atoms with Gasteiger partial charge in [0.1, 0.15) is 11.4 Å². The Balaban J connectivity index is 1.68. The summed E-state index contributed by atoms with van der Waals surface area (Å²) in [5.41, 5.74) is 4.48. The number of carbonyl (C=O) groups excluding carboxylic acids is 1. The molecular formula is C26H27N3O2. The zero-order chi connectivity index (χ0) is 22.2. The molecule has 4 aromatic rings. The lowest BCUT2D eigenvalue weighted by Gasteiger charge is -2.21. The van der Waals surface area contributed by atoms with Crippen LogP contribution in [0.5, 0.6) is 11.5 Å². The second-order valence-electron chi connectivity index (χ2n) is 8.80. The Morgan fingerprint density at radius 3 is 2.48 bits per heavy atom. The molecule has 0 aliphatic heterocycles. The fraction of sp³-hybridized carbons (Fsp3) is 0.231. The van der Waals surface area contributed by atoms with Crippen molar-refractivity contribution in [3.63, 3.8) is 0 Å². The first-order valence-corrected chi connectivity index (χ1v) is 10.3. The first kappa shape index (κ1) is 20.7. The van der Waals surface area contributed by atoms with E-state index in [-0.39, 0.29) is 11.3 Å². The highest BCUT2D eigenvalue weighted by atomic mass is 16.5. The molecule has 2 heterocycles. The lowest BCUT2D eigenvalue weighted by atomic mass is 9.86. The van der Waals surface area contributed by atoms with Crippen molar-refractivity contribution < 1.29 is 9.53 Å². The van der Waals surface area contributed by atoms with Crippen LogP contribution >= 0.6 is 0 Å². The van der Waals surface area contributed by atoms with Gasteiger partial charge in [0.2, 0.25) is 0 Å². The molecule has 2 aromatic heterocycles. The van der Waals surface area contributed by atoms with Crippen molar-refractivity contribution >= 4 is 22.5 Å². The van der Waals surface area contributed by atoms with Crippen LogP contribution in [-0.4, -0.2) is 15.5 Å². The summed E-state index contributed by atoms with van der Waals surface area (Å²) in [4.78, 5) is 17.2. The van der Waals surface area contributed by atoms with Crippen LogP contribution in [0.1, 0.15) is 42.4 Å². The molecule has 0 saturated heterocycles. The highest BCUT2D eigenvalue weighted by Crippen LogP contribution is 2.32. The maximum Gasteiger partial charge on any atom is 0.272 e. The standard InChI is InChI=1S/C26H27N3O2/c1-17-9-10-19(26(2,3)4)16-21(17)28-25(30)22-15-18-7-6-8-23(24(18)29(22)5)31-20-11-13-27-14-12-20/h6-16H,1-5H3,(H,28,30). The minimum Gasteiger partial charge on any atom is -0.455 e. The third-order valence-electron chi connectivity index (χ3n) is 5.48. The number of nitrogens with one attached hydrogen (secondary N) is 1. The lowest BCUT2D eigenvalue weighted by molar-refractivity contribution is 0.101. The predicted octanol–water partition coefficient (Wildman–Crippen LogP) is 6.22. The molecule has 0 unspecified atom stereocenters. The summed E-state index contributed by atoms with van der Waals surface area (Å²) in [6.45, 7) is 8.50. The van der Waals surface area contributed by atoms with E-state index < -0.39 is 0 Å².